The molecule has 0 aromatic heterocycles. The summed E-state index contributed by atoms with van der Waals surface area (Å²) >= 11 is 0. The summed E-state index contributed by atoms with van der Waals surface area (Å²) in [6, 6.07) is 84.4. The van der Waals surface area contributed by atoms with E-state index in [1.807, 2.05) is 12.1 Å². The minimum atomic E-state index is -0.346. The van der Waals surface area contributed by atoms with E-state index in [-0.39, 0.29) is 23.7 Å². The maximum Gasteiger partial charge on any atom is 0.494 e. The molecule has 0 saturated carbocycles. The third-order valence-corrected chi connectivity index (χ3v) is 14.8. The fourth-order valence-electron chi connectivity index (χ4n) is 10.3. The fourth-order valence-corrected chi connectivity index (χ4v) is 10.3. The second-order valence-electron chi connectivity index (χ2n) is 20.0. The molecule has 342 valence electrons. The van der Waals surface area contributed by atoms with Gasteiger partial charge in [-0.25, -0.2) is 0 Å². The van der Waals surface area contributed by atoms with E-state index in [0.29, 0.717) is 0 Å². The van der Waals surface area contributed by atoms with Gasteiger partial charge in [0, 0.05) is 39.5 Å². The lowest BCUT2D eigenvalue weighted by molar-refractivity contribution is 0.00578. The Bertz CT molecular complexity index is 3350. The van der Waals surface area contributed by atoms with Crippen LogP contribution >= 0.6 is 0 Å². The van der Waals surface area contributed by atoms with Gasteiger partial charge < -0.3 is 19.1 Å². The van der Waals surface area contributed by atoms with Crippen molar-refractivity contribution in [3.8, 4) is 22.3 Å². The molecule has 0 atom stereocenters. The van der Waals surface area contributed by atoms with E-state index in [4.69, 9.17) is 9.31 Å². The van der Waals surface area contributed by atoms with Gasteiger partial charge in [-0.1, -0.05) is 172 Å². The molecule has 70 heavy (non-hydrogen) atoms. The Morgan fingerprint density at radius 3 is 1.29 bits per heavy atom. The lowest BCUT2D eigenvalue weighted by Crippen LogP contribution is -2.41. The van der Waals surface area contributed by atoms with Crippen molar-refractivity contribution in [3.63, 3.8) is 0 Å². The first-order valence-electron chi connectivity index (χ1n) is 24.4. The maximum atomic E-state index is 6.18. The number of hydrogen-bond acceptors (Lipinski definition) is 4. The SMILES string of the molecule is CC1(C)OB(c2ccc(N(c3ccccc3)c3ccccc3)cc2)OC1(C)C.CC1(C)c2cc(-c3ccc(N(c4ccccc4)c4ccccc4)cc3)ccc2-c2c1ccc1c2ccc2ccccc21. The van der Waals surface area contributed by atoms with Gasteiger partial charge >= 0.3 is 7.12 Å². The van der Waals surface area contributed by atoms with Gasteiger partial charge in [-0.2, -0.15) is 0 Å². The van der Waals surface area contributed by atoms with Crippen molar-refractivity contribution in [2.24, 2.45) is 0 Å². The fraction of sp³-hybridized carbons (Fsp3) is 0.138. The van der Waals surface area contributed by atoms with Crippen LogP contribution in [0.2, 0.25) is 0 Å². The summed E-state index contributed by atoms with van der Waals surface area (Å²) in [4.78, 5) is 4.55. The largest absolute Gasteiger partial charge is 0.494 e. The Labute approximate surface area is 413 Å². The van der Waals surface area contributed by atoms with Gasteiger partial charge in [0.2, 0.25) is 0 Å². The molecule has 1 aliphatic heterocycles. The van der Waals surface area contributed by atoms with Gasteiger partial charge in [0.05, 0.1) is 11.2 Å². The molecule has 10 aromatic carbocycles. The van der Waals surface area contributed by atoms with Crippen molar-refractivity contribution in [3.05, 3.63) is 248 Å². The van der Waals surface area contributed by atoms with Crippen molar-refractivity contribution >= 4 is 68.3 Å². The molecule has 10 aromatic rings. The molecule has 0 amide bonds. The summed E-state index contributed by atoms with van der Waals surface area (Å²) in [5.74, 6) is 0. The highest BCUT2D eigenvalue weighted by atomic mass is 16.7. The van der Waals surface area contributed by atoms with Gasteiger partial charge in [0.1, 0.15) is 0 Å². The van der Waals surface area contributed by atoms with Crippen LogP contribution in [-0.4, -0.2) is 18.3 Å². The molecule has 0 unspecified atom stereocenters. The van der Waals surface area contributed by atoms with Crippen molar-refractivity contribution in [2.45, 2.75) is 58.2 Å². The quantitative estimate of drug-likeness (QED) is 0.112. The van der Waals surface area contributed by atoms with Crippen molar-refractivity contribution in [2.75, 3.05) is 9.80 Å². The minimum Gasteiger partial charge on any atom is -0.399 e. The Morgan fingerprint density at radius 1 is 0.343 bits per heavy atom. The zero-order valence-electron chi connectivity index (χ0n) is 40.8. The number of hydrogen-bond donors (Lipinski definition) is 0. The maximum absolute atomic E-state index is 6.18. The van der Waals surface area contributed by atoms with Crippen LogP contribution in [0.5, 0.6) is 0 Å². The summed E-state index contributed by atoms with van der Waals surface area (Å²) in [6.07, 6.45) is 0. The van der Waals surface area contributed by atoms with Crippen molar-refractivity contribution < 1.29 is 9.31 Å². The number of para-hydroxylation sites is 4. The van der Waals surface area contributed by atoms with E-state index in [1.165, 1.54) is 54.9 Å². The molecular formula is C65H57BN2O2. The van der Waals surface area contributed by atoms with E-state index >= 15 is 0 Å². The number of benzene rings is 10. The van der Waals surface area contributed by atoms with Crippen molar-refractivity contribution in [1.82, 2.24) is 0 Å². The second-order valence-corrected chi connectivity index (χ2v) is 20.0. The van der Waals surface area contributed by atoms with Crippen LogP contribution in [0.4, 0.5) is 34.1 Å². The standard InChI is InChI=1S/C41H31N.C24H26BNO2/c1-41(2)38-26-25-35-34-16-10-9-11-29(34)19-23-36(35)40(38)37-24-20-30(27-39(37)41)28-17-21-33(22-18-28)42(31-12-5-3-6-13-31)32-14-7-4-8-15-32;1-23(2)24(3,4)28-25(27-23)19-15-17-22(18-16-19)26(20-11-7-5-8-12-20)21-13-9-6-10-14-21/h3-27H,1-2H3;5-18H,1-4H3. The molecule has 1 heterocycles. The first-order valence-corrected chi connectivity index (χ1v) is 24.4. The highest BCUT2D eigenvalue weighted by Gasteiger charge is 2.51. The van der Waals surface area contributed by atoms with Gasteiger partial charge in [-0.3, -0.25) is 0 Å². The van der Waals surface area contributed by atoms with Gasteiger partial charge in [0.25, 0.3) is 0 Å². The molecule has 0 spiro atoms. The molecule has 2 aliphatic rings. The van der Waals surface area contributed by atoms with Crippen LogP contribution in [0.25, 0.3) is 43.8 Å². The van der Waals surface area contributed by atoms with Crippen LogP contribution in [-0.2, 0) is 14.7 Å². The summed E-state index contributed by atoms with van der Waals surface area (Å²) in [6.45, 7) is 13.0. The molecule has 1 fully saturated rings. The molecule has 4 nitrogen and oxygen atoms in total. The molecule has 5 heteroatoms. The lowest BCUT2D eigenvalue weighted by atomic mass is 9.79. The van der Waals surface area contributed by atoms with E-state index in [9.17, 15) is 0 Å². The zero-order valence-corrected chi connectivity index (χ0v) is 40.8. The third kappa shape index (κ3) is 8.15. The second kappa shape index (κ2) is 18.0. The summed E-state index contributed by atoms with van der Waals surface area (Å²) < 4.78 is 12.4. The Hall–Kier alpha value is -7.70. The first-order chi connectivity index (χ1) is 34.0. The Balaban J connectivity index is 0.000000166. The number of rotatable bonds is 8. The predicted molar refractivity (Wildman–Crippen MR) is 296 cm³/mol. The minimum absolute atomic E-state index is 0.0716. The van der Waals surface area contributed by atoms with Gasteiger partial charge in [0.15, 0.2) is 0 Å². The average Bonchev–Trinajstić information content (AvgIpc) is 3.77. The summed E-state index contributed by atoms with van der Waals surface area (Å²) in [5.41, 5.74) is 15.1. The molecule has 0 bridgehead atoms. The molecule has 1 saturated heterocycles. The number of anilines is 6. The highest BCUT2D eigenvalue weighted by molar-refractivity contribution is 6.62. The van der Waals surface area contributed by atoms with Crippen LogP contribution in [0, 0.1) is 0 Å². The Kier molecular flexibility index (Phi) is 11.5. The van der Waals surface area contributed by atoms with E-state index < -0.39 is 0 Å². The smallest absolute Gasteiger partial charge is 0.399 e. The van der Waals surface area contributed by atoms with Crippen LogP contribution < -0.4 is 15.3 Å². The topological polar surface area (TPSA) is 24.9 Å². The van der Waals surface area contributed by atoms with Gasteiger partial charge in [-0.05, 0) is 167 Å². The van der Waals surface area contributed by atoms with Crippen molar-refractivity contribution in [1.29, 1.82) is 0 Å². The van der Waals surface area contributed by atoms with Crippen LogP contribution in [0.1, 0.15) is 52.7 Å². The van der Waals surface area contributed by atoms with E-state index in [1.54, 1.807) is 0 Å². The monoisotopic (exact) mass is 908 g/mol. The third-order valence-electron chi connectivity index (χ3n) is 14.8. The highest BCUT2D eigenvalue weighted by Crippen LogP contribution is 2.53. The van der Waals surface area contributed by atoms with Crippen LogP contribution in [0.15, 0.2) is 237 Å². The molecular weight excluding hydrogens is 852 g/mol. The number of nitrogens with zero attached hydrogens (tertiary/aromatic N) is 2. The molecule has 0 radical (unpaired) electrons. The molecule has 1 aliphatic carbocycles. The van der Waals surface area contributed by atoms with E-state index in [0.717, 1.165) is 39.6 Å². The summed E-state index contributed by atoms with van der Waals surface area (Å²) in [5, 5.41) is 5.29. The number of fused-ring (bicyclic) bond motifs is 7. The first kappa shape index (κ1) is 44.8. The lowest BCUT2D eigenvalue weighted by Gasteiger charge is -2.32. The molecule has 12 rings (SSSR count). The summed E-state index contributed by atoms with van der Waals surface area (Å²) in [7, 11) is -0.346. The predicted octanol–water partition coefficient (Wildman–Crippen LogP) is 16.9. The Morgan fingerprint density at radius 2 is 0.771 bits per heavy atom. The van der Waals surface area contributed by atoms with Crippen LogP contribution in [0.3, 0.4) is 0 Å². The van der Waals surface area contributed by atoms with Gasteiger partial charge in [-0.15, -0.1) is 0 Å². The molecule has 0 N–H and O–H groups in total. The average molecular weight is 909 g/mol. The zero-order chi connectivity index (χ0) is 48.0. The van der Waals surface area contributed by atoms with E-state index in [2.05, 4.69) is 276 Å². The normalized spacial score (nSPS) is 14.9.